The van der Waals surface area contributed by atoms with Gasteiger partial charge in [0.15, 0.2) is 0 Å². The van der Waals surface area contributed by atoms with E-state index in [4.69, 9.17) is 13.9 Å². The van der Waals surface area contributed by atoms with E-state index in [2.05, 4.69) is 10.2 Å². The topological polar surface area (TPSA) is 77.7 Å². The first-order chi connectivity index (χ1) is 14.0. The Kier molecular flexibility index (Phi) is 7.41. The largest absolute Gasteiger partial charge is 0.497 e. The number of ether oxygens (including phenoxy) is 2. The highest BCUT2D eigenvalue weighted by molar-refractivity contribution is 8.00. The van der Waals surface area contributed by atoms with Crippen molar-refractivity contribution in [2.24, 2.45) is 0 Å². The van der Waals surface area contributed by atoms with Gasteiger partial charge in [-0.05, 0) is 38.8 Å². The Labute approximate surface area is 176 Å². The number of amides is 1. The molecule has 0 spiro atoms. The van der Waals surface area contributed by atoms with Gasteiger partial charge in [0.25, 0.3) is 5.22 Å². The molecule has 8 heteroatoms. The molecule has 7 nitrogen and oxygen atoms in total. The van der Waals surface area contributed by atoms with E-state index in [0.29, 0.717) is 34.2 Å². The summed E-state index contributed by atoms with van der Waals surface area (Å²) in [6.45, 7) is 4.68. The summed E-state index contributed by atoms with van der Waals surface area (Å²) >= 11 is 1.30. The van der Waals surface area contributed by atoms with Crippen molar-refractivity contribution in [2.75, 3.05) is 20.8 Å². The molecule has 158 valence electrons. The number of hydrogen-bond donors (Lipinski definition) is 0. The Bertz CT molecular complexity index is 798. The minimum Gasteiger partial charge on any atom is -0.497 e. The molecule has 0 radical (unpaired) electrons. The molecule has 1 aromatic heterocycles. The Hall–Kier alpha value is -2.22. The summed E-state index contributed by atoms with van der Waals surface area (Å²) in [4.78, 5) is 15.0. The highest BCUT2D eigenvalue weighted by Crippen LogP contribution is 2.32. The van der Waals surface area contributed by atoms with Crippen molar-refractivity contribution in [1.82, 2.24) is 15.1 Å². The molecule has 2 aromatic rings. The molecule has 0 bridgehead atoms. The van der Waals surface area contributed by atoms with Crippen LogP contribution in [0.25, 0.3) is 11.5 Å². The van der Waals surface area contributed by atoms with Crippen LogP contribution >= 0.6 is 11.8 Å². The second kappa shape index (κ2) is 10.0. The number of thioether (sulfide) groups is 1. The van der Waals surface area contributed by atoms with Crippen molar-refractivity contribution in [1.29, 1.82) is 0 Å². The lowest BCUT2D eigenvalue weighted by Crippen LogP contribution is -2.44. The smallest absolute Gasteiger partial charge is 0.277 e. The van der Waals surface area contributed by atoms with Crippen LogP contribution in [0.1, 0.15) is 46.0 Å². The summed E-state index contributed by atoms with van der Waals surface area (Å²) in [5, 5.41) is 8.34. The van der Waals surface area contributed by atoms with Crippen molar-refractivity contribution in [3.05, 3.63) is 18.2 Å². The Morgan fingerprint density at radius 2 is 1.83 bits per heavy atom. The molecule has 1 atom stereocenters. The lowest BCUT2D eigenvalue weighted by atomic mass is 9.94. The second-order valence-corrected chi connectivity index (χ2v) is 8.44. The molecule has 3 rings (SSSR count). The summed E-state index contributed by atoms with van der Waals surface area (Å²) in [6, 6.07) is 5.75. The van der Waals surface area contributed by atoms with Crippen molar-refractivity contribution in [2.45, 2.75) is 62.5 Å². The minimum atomic E-state index is -0.287. The van der Waals surface area contributed by atoms with Crippen LogP contribution in [0.2, 0.25) is 0 Å². The number of carbonyl (C=O) groups is 1. The van der Waals surface area contributed by atoms with Gasteiger partial charge in [-0.15, -0.1) is 10.2 Å². The fraction of sp³-hybridized carbons (Fsp3) is 0.571. The molecule has 0 aliphatic heterocycles. The third-order valence-electron chi connectivity index (χ3n) is 5.27. The third-order valence-corrected chi connectivity index (χ3v) is 6.19. The van der Waals surface area contributed by atoms with Crippen LogP contribution in [0, 0.1) is 0 Å². The van der Waals surface area contributed by atoms with E-state index in [1.807, 2.05) is 18.7 Å². The lowest BCUT2D eigenvalue weighted by molar-refractivity contribution is -0.133. The monoisotopic (exact) mass is 419 g/mol. The van der Waals surface area contributed by atoms with Gasteiger partial charge in [-0.25, -0.2) is 0 Å². The van der Waals surface area contributed by atoms with Gasteiger partial charge in [0.2, 0.25) is 11.8 Å². The molecule has 1 heterocycles. The van der Waals surface area contributed by atoms with Crippen LogP contribution in [0.4, 0.5) is 0 Å². The van der Waals surface area contributed by atoms with E-state index in [9.17, 15) is 4.79 Å². The first-order valence-electron chi connectivity index (χ1n) is 10.1. The van der Waals surface area contributed by atoms with Crippen LogP contribution in [0.15, 0.2) is 27.8 Å². The predicted molar refractivity (Wildman–Crippen MR) is 112 cm³/mol. The van der Waals surface area contributed by atoms with Gasteiger partial charge in [0.05, 0.1) is 19.5 Å². The Balaban J connectivity index is 1.69. The van der Waals surface area contributed by atoms with E-state index in [-0.39, 0.29) is 11.2 Å². The van der Waals surface area contributed by atoms with Gasteiger partial charge in [0, 0.05) is 24.2 Å². The van der Waals surface area contributed by atoms with Crippen LogP contribution in [0.5, 0.6) is 11.5 Å². The number of nitrogens with zero attached hydrogens (tertiary/aromatic N) is 3. The fourth-order valence-electron chi connectivity index (χ4n) is 3.73. The molecule has 1 aliphatic carbocycles. The zero-order chi connectivity index (χ0) is 20.8. The SMILES string of the molecule is CCN(C(=O)[C@H](C)Sc1nnc(-c2cc(OC)cc(OC)c2)o1)C1CCCCC1. The molecule has 1 aromatic carbocycles. The van der Waals surface area contributed by atoms with Gasteiger partial charge in [0.1, 0.15) is 11.5 Å². The first kappa shape index (κ1) is 21.5. The van der Waals surface area contributed by atoms with Gasteiger partial charge >= 0.3 is 0 Å². The maximum Gasteiger partial charge on any atom is 0.277 e. The Morgan fingerprint density at radius 1 is 1.17 bits per heavy atom. The first-order valence-corrected chi connectivity index (χ1v) is 11.0. The lowest BCUT2D eigenvalue weighted by Gasteiger charge is -2.34. The normalized spacial score (nSPS) is 15.7. The summed E-state index contributed by atoms with van der Waals surface area (Å²) in [7, 11) is 3.18. The van der Waals surface area contributed by atoms with E-state index >= 15 is 0 Å². The number of carbonyl (C=O) groups excluding carboxylic acids is 1. The summed E-state index contributed by atoms with van der Waals surface area (Å²) in [5.41, 5.74) is 0.705. The zero-order valence-electron chi connectivity index (χ0n) is 17.5. The highest BCUT2D eigenvalue weighted by atomic mass is 32.2. The van der Waals surface area contributed by atoms with E-state index in [1.54, 1.807) is 32.4 Å². The maximum atomic E-state index is 13.0. The van der Waals surface area contributed by atoms with Crippen molar-refractivity contribution < 1.29 is 18.7 Å². The minimum absolute atomic E-state index is 0.132. The number of benzene rings is 1. The van der Waals surface area contributed by atoms with Gasteiger partial charge in [-0.1, -0.05) is 31.0 Å². The van der Waals surface area contributed by atoms with E-state index in [1.165, 1.54) is 31.0 Å². The van der Waals surface area contributed by atoms with Crippen LogP contribution in [-0.4, -0.2) is 53.1 Å². The van der Waals surface area contributed by atoms with E-state index < -0.39 is 0 Å². The molecule has 29 heavy (non-hydrogen) atoms. The number of rotatable bonds is 8. The van der Waals surface area contributed by atoms with Gasteiger partial charge in [-0.2, -0.15) is 0 Å². The highest BCUT2D eigenvalue weighted by Gasteiger charge is 2.29. The van der Waals surface area contributed by atoms with Crippen LogP contribution in [-0.2, 0) is 4.79 Å². The predicted octanol–water partition coefficient (Wildman–Crippen LogP) is 4.42. The Morgan fingerprint density at radius 3 is 2.41 bits per heavy atom. The maximum absolute atomic E-state index is 13.0. The van der Waals surface area contributed by atoms with Crippen LogP contribution in [0.3, 0.4) is 0 Å². The summed E-state index contributed by atoms with van der Waals surface area (Å²) < 4.78 is 16.4. The molecule has 1 fully saturated rings. The average Bonchev–Trinajstić information content (AvgIpc) is 3.23. The van der Waals surface area contributed by atoms with Crippen molar-refractivity contribution >= 4 is 17.7 Å². The second-order valence-electron chi connectivity index (χ2n) is 7.15. The fourth-order valence-corrected chi connectivity index (χ4v) is 4.48. The third kappa shape index (κ3) is 5.23. The molecule has 0 N–H and O–H groups in total. The molecule has 0 saturated heterocycles. The van der Waals surface area contributed by atoms with Crippen LogP contribution < -0.4 is 9.47 Å². The molecule has 1 aliphatic rings. The molecule has 0 unspecified atom stereocenters. The van der Waals surface area contributed by atoms with Gasteiger partial charge in [-0.3, -0.25) is 4.79 Å². The van der Waals surface area contributed by atoms with Crippen molar-refractivity contribution in [3.8, 4) is 23.0 Å². The molecule has 1 amide bonds. The molecular formula is C21H29N3O4S. The summed E-state index contributed by atoms with van der Waals surface area (Å²) in [5.74, 6) is 1.78. The van der Waals surface area contributed by atoms with Gasteiger partial charge < -0.3 is 18.8 Å². The standard InChI is InChI=1S/C21H29N3O4S/c1-5-24(16-9-7-6-8-10-16)20(25)14(2)29-21-23-22-19(28-21)15-11-17(26-3)13-18(12-15)27-4/h11-14,16H,5-10H2,1-4H3/t14-/m0/s1. The zero-order valence-corrected chi connectivity index (χ0v) is 18.3. The number of methoxy groups -OCH3 is 2. The molecule has 1 saturated carbocycles. The number of hydrogen-bond acceptors (Lipinski definition) is 7. The quantitative estimate of drug-likeness (QED) is 0.586. The van der Waals surface area contributed by atoms with E-state index in [0.717, 1.165) is 19.4 Å². The average molecular weight is 420 g/mol. The number of aromatic nitrogens is 2. The van der Waals surface area contributed by atoms with Crippen molar-refractivity contribution in [3.63, 3.8) is 0 Å². The molecular weight excluding hydrogens is 390 g/mol. The summed E-state index contributed by atoms with van der Waals surface area (Å²) in [6.07, 6.45) is 5.87.